The molecule has 0 aromatic rings. The first-order chi connectivity index (χ1) is 3.27. The van der Waals surface area contributed by atoms with Crippen molar-refractivity contribution in [2.45, 2.75) is 0 Å². The quantitative estimate of drug-likeness (QED) is 0.575. The van der Waals surface area contributed by atoms with E-state index in [1.165, 1.54) is 0 Å². The monoisotopic (exact) mass is 154 g/mol. The van der Waals surface area contributed by atoms with Gasteiger partial charge in [-0.3, -0.25) is 0 Å². The molecule has 0 unspecified atom stereocenters. The van der Waals surface area contributed by atoms with E-state index < -0.39 is 0 Å². The van der Waals surface area contributed by atoms with Gasteiger partial charge < -0.3 is 9.64 Å². The molecule has 1 radical (unpaired) electrons. The van der Waals surface area contributed by atoms with E-state index in [1.807, 2.05) is 14.1 Å². The fourth-order valence-electron chi connectivity index (χ4n) is 0.274. The van der Waals surface area contributed by atoms with Crippen LogP contribution in [0.1, 0.15) is 0 Å². The molecule has 0 bridgehead atoms. The molecular formula is C5H13NOV. The summed E-state index contributed by atoms with van der Waals surface area (Å²) in [5.41, 5.74) is 0. The molecule has 0 atom stereocenters. The van der Waals surface area contributed by atoms with Crippen molar-refractivity contribution in [2.75, 3.05) is 34.4 Å². The van der Waals surface area contributed by atoms with Crippen LogP contribution in [0.4, 0.5) is 0 Å². The van der Waals surface area contributed by atoms with Gasteiger partial charge in [-0.25, -0.2) is 0 Å². The van der Waals surface area contributed by atoms with Crippen molar-refractivity contribution in [2.24, 2.45) is 0 Å². The third-order valence-electron chi connectivity index (χ3n) is 0.743. The van der Waals surface area contributed by atoms with Crippen molar-refractivity contribution in [1.29, 1.82) is 0 Å². The average molecular weight is 154 g/mol. The Kier molecular flexibility index (Phi) is 10.6. The Hall–Kier alpha value is 0.504. The summed E-state index contributed by atoms with van der Waals surface area (Å²) in [4.78, 5) is 2.09. The normalized spacial score (nSPS) is 9.00. The first-order valence-corrected chi connectivity index (χ1v) is 2.41. The Bertz CT molecular complexity index is 41.4. The van der Waals surface area contributed by atoms with E-state index in [2.05, 4.69) is 4.90 Å². The van der Waals surface area contributed by atoms with Gasteiger partial charge >= 0.3 is 0 Å². The maximum atomic E-state index is 4.81. The van der Waals surface area contributed by atoms with Crippen LogP contribution in [-0.2, 0) is 23.3 Å². The predicted octanol–water partition coefficient (Wildman–Crippen LogP) is 0.192. The van der Waals surface area contributed by atoms with Gasteiger partial charge in [0, 0.05) is 32.2 Å². The second-order valence-electron chi connectivity index (χ2n) is 1.80. The van der Waals surface area contributed by atoms with Gasteiger partial charge in [0.2, 0.25) is 0 Å². The van der Waals surface area contributed by atoms with E-state index in [9.17, 15) is 0 Å². The molecular weight excluding hydrogens is 141 g/mol. The maximum Gasteiger partial charge on any atom is 0.0589 e. The number of likely N-dealkylation sites (N-methyl/N-ethyl adjacent to an activating group) is 1. The van der Waals surface area contributed by atoms with Crippen LogP contribution in [0, 0.1) is 0 Å². The second-order valence-corrected chi connectivity index (χ2v) is 1.80. The molecule has 0 fully saturated rings. The average Bonchev–Trinajstić information content (AvgIpc) is 1.61. The molecule has 0 aliphatic carbocycles. The van der Waals surface area contributed by atoms with E-state index in [4.69, 9.17) is 4.74 Å². The van der Waals surface area contributed by atoms with Crippen molar-refractivity contribution >= 4 is 0 Å². The van der Waals surface area contributed by atoms with E-state index in [0.29, 0.717) is 0 Å². The molecule has 0 aromatic heterocycles. The second kappa shape index (κ2) is 7.50. The number of hydrogen-bond acceptors (Lipinski definition) is 2. The first-order valence-electron chi connectivity index (χ1n) is 2.41. The Labute approximate surface area is 63.1 Å². The molecule has 0 heterocycles. The molecule has 0 rings (SSSR count). The third kappa shape index (κ3) is 9.71. The summed E-state index contributed by atoms with van der Waals surface area (Å²) < 4.78 is 4.81. The van der Waals surface area contributed by atoms with Crippen molar-refractivity contribution < 1.29 is 23.3 Å². The fourth-order valence-corrected chi connectivity index (χ4v) is 0.274. The van der Waals surface area contributed by atoms with Crippen LogP contribution in [-0.4, -0.2) is 39.3 Å². The summed E-state index contributed by atoms with van der Waals surface area (Å²) in [6.45, 7) is 1.84. The fraction of sp³-hybridized carbons (Fsp3) is 1.00. The Morgan fingerprint density at radius 1 is 1.38 bits per heavy atom. The molecule has 0 saturated heterocycles. The summed E-state index contributed by atoms with van der Waals surface area (Å²) in [5.74, 6) is 0. The van der Waals surface area contributed by atoms with Gasteiger partial charge in [-0.05, 0) is 14.1 Å². The molecule has 0 aromatic carbocycles. The molecule has 8 heavy (non-hydrogen) atoms. The van der Waals surface area contributed by atoms with Gasteiger partial charge in [-0.1, -0.05) is 0 Å². The smallest absolute Gasteiger partial charge is 0.0589 e. The van der Waals surface area contributed by atoms with Crippen LogP contribution in [0.3, 0.4) is 0 Å². The van der Waals surface area contributed by atoms with Crippen molar-refractivity contribution in [1.82, 2.24) is 4.90 Å². The molecule has 0 aliphatic heterocycles. The van der Waals surface area contributed by atoms with Crippen molar-refractivity contribution in [3.05, 3.63) is 0 Å². The van der Waals surface area contributed by atoms with Gasteiger partial charge in [0.05, 0.1) is 6.61 Å². The zero-order valence-corrected chi connectivity index (χ0v) is 7.11. The maximum absolute atomic E-state index is 4.81. The summed E-state index contributed by atoms with van der Waals surface area (Å²) >= 11 is 0. The number of ether oxygens (including phenoxy) is 1. The van der Waals surface area contributed by atoms with Gasteiger partial charge in [0.25, 0.3) is 0 Å². The van der Waals surface area contributed by atoms with E-state index >= 15 is 0 Å². The van der Waals surface area contributed by atoms with E-state index in [0.717, 1.165) is 13.2 Å². The Morgan fingerprint density at radius 3 is 2.00 bits per heavy atom. The van der Waals surface area contributed by atoms with Gasteiger partial charge in [0.1, 0.15) is 0 Å². The van der Waals surface area contributed by atoms with Crippen LogP contribution >= 0.6 is 0 Å². The van der Waals surface area contributed by atoms with Crippen LogP contribution in [0.15, 0.2) is 0 Å². The topological polar surface area (TPSA) is 12.5 Å². The third-order valence-corrected chi connectivity index (χ3v) is 0.743. The molecule has 0 N–H and O–H groups in total. The zero-order valence-electron chi connectivity index (χ0n) is 5.72. The first kappa shape index (κ1) is 11.3. The molecule has 0 aliphatic rings. The summed E-state index contributed by atoms with van der Waals surface area (Å²) in [5, 5.41) is 0. The standard InChI is InChI=1S/C5H13NO.V/c1-6(2)4-5-7-3;/h4-5H2,1-3H3;. The SMILES string of the molecule is COCCN(C)C.[V]. The summed E-state index contributed by atoms with van der Waals surface area (Å²) in [6.07, 6.45) is 0. The summed E-state index contributed by atoms with van der Waals surface area (Å²) in [7, 11) is 5.77. The van der Waals surface area contributed by atoms with Crippen LogP contribution < -0.4 is 0 Å². The largest absolute Gasteiger partial charge is 0.383 e. The van der Waals surface area contributed by atoms with Crippen molar-refractivity contribution in [3.8, 4) is 0 Å². The molecule has 49 valence electrons. The molecule has 3 heteroatoms. The zero-order chi connectivity index (χ0) is 5.70. The minimum atomic E-state index is 0. The van der Waals surface area contributed by atoms with Gasteiger partial charge in [0.15, 0.2) is 0 Å². The van der Waals surface area contributed by atoms with E-state index in [1.54, 1.807) is 7.11 Å². The minimum absolute atomic E-state index is 0. The summed E-state index contributed by atoms with van der Waals surface area (Å²) in [6, 6.07) is 0. The molecule has 0 amide bonds. The van der Waals surface area contributed by atoms with Crippen LogP contribution in [0.2, 0.25) is 0 Å². The molecule has 0 spiro atoms. The minimum Gasteiger partial charge on any atom is -0.383 e. The molecule has 0 saturated carbocycles. The molecule has 2 nitrogen and oxygen atoms in total. The van der Waals surface area contributed by atoms with Crippen molar-refractivity contribution in [3.63, 3.8) is 0 Å². The van der Waals surface area contributed by atoms with Crippen LogP contribution in [0.25, 0.3) is 0 Å². The Morgan fingerprint density at radius 2 is 1.88 bits per heavy atom. The number of methoxy groups -OCH3 is 1. The number of hydrogen-bond donors (Lipinski definition) is 0. The van der Waals surface area contributed by atoms with Gasteiger partial charge in [-0.15, -0.1) is 0 Å². The van der Waals surface area contributed by atoms with E-state index in [-0.39, 0.29) is 18.6 Å². The van der Waals surface area contributed by atoms with Crippen LogP contribution in [0.5, 0.6) is 0 Å². The Balaban J connectivity index is 0. The number of nitrogens with zero attached hydrogens (tertiary/aromatic N) is 1. The number of rotatable bonds is 3. The predicted molar refractivity (Wildman–Crippen MR) is 30.4 cm³/mol. The van der Waals surface area contributed by atoms with Gasteiger partial charge in [-0.2, -0.15) is 0 Å².